The van der Waals surface area contributed by atoms with Gasteiger partial charge in [0.05, 0.1) is 21.8 Å². The SMILES string of the molecule is O=C(CN(c1ccc(Cl)cc1)S(=O)(=O)c1ccccc1)Nc1cccc2cccnc12. The van der Waals surface area contributed by atoms with Crippen LogP contribution in [0.3, 0.4) is 0 Å². The number of fused-ring (bicyclic) bond motifs is 1. The molecule has 1 N–H and O–H groups in total. The fourth-order valence-corrected chi connectivity index (χ4v) is 4.74. The average molecular weight is 452 g/mol. The molecule has 0 saturated carbocycles. The van der Waals surface area contributed by atoms with Gasteiger partial charge in [-0.1, -0.05) is 48.0 Å². The molecule has 1 heterocycles. The van der Waals surface area contributed by atoms with Crippen LogP contribution in [0.2, 0.25) is 5.02 Å². The summed E-state index contributed by atoms with van der Waals surface area (Å²) in [7, 11) is -3.98. The molecule has 0 aliphatic heterocycles. The maximum Gasteiger partial charge on any atom is 0.264 e. The maximum atomic E-state index is 13.3. The summed E-state index contributed by atoms with van der Waals surface area (Å²) in [6.45, 7) is -0.415. The molecule has 1 amide bonds. The Balaban J connectivity index is 1.67. The first-order valence-corrected chi connectivity index (χ1v) is 11.2. The molecule has 156 valence electrons. The number of rotatable bonds is 6. The summed E-state index contributed by atoms with van der Waals surface area (Å²) in [6.07, 6.45) is 1.64. The molecule has 0 saturated heterocycles. The highest BCUT2D eigenvalue weighted by Crippen LogP contribution is 2.26. The van der Waals surface area contributed by atoms with Gasteiger partial charge >= 0.3 is 0 Å². The van der Waals surface area contributed by atoms with Crippen LogP contribution in [0.25, 0.3) is 10.9 Å². The Bertz CT molecular complexity index is 1320. The number of nitrogens with zero attached hydrogens (tertiary/aromatic N) is 2. The number of hydrogen-bond donors (Lipinski definition) is 1. The van der Waals surface area contributed by atoms with Crippen LogP contribution >= 0.6 is 11.6 Å². The number of anilines is 2. The first-order valence-electron chi connectivity index (χ1n) is 9.42. The van der Waals surface area contributed by atoms with Crippen molar-refractivity contribution in [2.75, 3.05) is 16.2 Å². The molecule has 1 aromatic heterocycles. The minimum Gasteiger partial charge on any atom is -0.323 e. The van der Waals surface area contributed by atoms with Gasteiger partial charge in [0.1, 0.15) is 6.54 Å². The number of hydrogen-bond acceptors (Lipinski definition) is 4. The van der Waals surface area contributed by atoms with Crippen molar-refractivity contribution in [3.05, 3.63) is 96.1 Å². The summed E-state index contributed by atoms with van der Waals surface area (Å²) in [6, 6.07) is 23.4. The molecule has 0 aliphatic rings. The zero-order chi connectivity index (χ0) is 21.8. The van der Waals surface area contributed by atoms with E-state index in [0.29, 0.717) is 21.9 Å². The Morgan fingerprint density at radius 1 is 0.903 bits per heavy atom. The summed E-state index contributed by atoms with van der Waals surface area (Å²) in [5.41, 5.74) is 1.47. The molecule has 0 spiro atoms. The first-order chi connectivity index (χ1) is 14.9. The predicted octanol–water partition coefficient (Wildman–Crippen LogP) is 4.72. The molecular formula is C23H18ClN3O3S. The quantitative estimate of drug-likeness (QED) is 0.460. The standard InChI is InChI=1S/C23H18ClN3O3S/c24-18-11-13-19(14-12-18)27(31(29,30)20-8-2-1-3-9-20)16-22(28)26-21-10-4-6-17-7-5-15-25-23(17)21/h1-15H,16H2,(H,26,28). The third-order valence-corrected chi connectivity index (χ3v) is 6.68. The van der Waals surface area contributed by atoms with Crippen molar-refractivity contribution in [3.8, 4) is 0 Å². The number of carbonyl (C=O) groups is 1. The summed E-state index contributed by atoms with van der Waals surface area (Å²) < 4.78 is 27.7. The molecule has 6 nitrogen and oxygen atoms in total. The van der Waals surface area contributed by atoms with E-state index in [1.165, 1.54) is 12.1 Å². The van der Waals surface area contributed by atoms with Crippen LogP contribution in [-0.4, -0.2) is 25.9 Å². The lowest BCUT2D eigenvalue weighted by molar-refractivity contribution is -0.114. The molecule has 0 fully saturated rings. The Kier molecular flexibility index (Phi) is 5.88. The van der Waals surface area contributed by atoms with Crippen molar-refractivity contribution in [1.29, 1.82) is 0 Å². The van der Waals surface area contributed by atoms with Crippen molar-refractivity contribution < 1.29 is 13.2 Å². The van der Waals surface area contributed by atoms with E-state index in [-0.39, 0.29) is 4.90 Å². The van der Waals surface area contributed by atoms with Crippen LogP contribution in [0.5, 0.6) is 0 Å². The minimum atomic E-state index is -3.98. The fourth-order valence-electron chi connectivity index (χ4n) is 3.17. The number of halogens is 1. The van der Waals surface area contributed by atoms with Crippen LogP contribution in [0.15, 0.2) is 96.0 Å². The van der Waals surface area contributed by atoms with Crippen molar-refractivity contribution in [3.63, 3.8) is 0 Å². The van der Waals surface area contributed by atoms with Gasteiger partial charge in [0.2, 0.25) is 5.91 Å². The number of carbonyl (C=O) groups excluding carboxylic acids is 1. The van der Waals surface area contributed by atoms with Gasteiger partial charge in [-0.25, -0.2) is 8.42 Å². The van der Waals surface area contributed by atoms with Crippen LogP contribution in [-0.2, 0) is 14.8 Å². The summed E-state index contributed by atoms with van der Waals surface area (Å²) in [5.74, 6) is -0.493. The van der Waals surface area contributed by atoms with E-state index in [1.807, 2.05) is 18.2 Å². The Morgan fingerprint density at radius 2 is 1.61 bits per heavy atom. The maximum absolute atomic E-state index is 13.3. The van der Waals surface area contributed by atoms with Crippen LogP contribution < -0.4 is 9.62 Å². The fraction of sp³-hybridized carbons (Fsp3) is 0.0435. The van der Waals surface area contributed by atoms with E-state index in [0.717, 1.165) is 9.69 Å². The molecule has 31 heavy (non-hydrogen) atoms. The van der Waals surface area contributed by atoms with E-state index in [9.17, 15) is 13.2 Å². The summed E-state index contributed by atoms with van der Waals surface area (Å²) >= 11 is 5.96. The molecule has 0 bridgehead atoms. The van der Waals surface area contributed by atoms with Crippen molar-refractivity contribution in [1.82, 2.24) is 4.98 Å². The molecule has 8 heteroatoms. The van der Waals surface area contributed by atoms with Gasteiger partial charge in [0, 0.05) is 16.6 Å². The van der Waals surface area contributed by atoms with Gasteiger partial charge in [-0.05, 0) is 48.5 Å². The lowest BCUT2D eigenvalue weighted by Crippen LogP contribution is -2.38. The zero-order valence-electron chi connectivity index (χ0n) is 16.3. The van der Waals surface area contributed by atoms with Gasteiger partial charge in [-0.2, -0.15) is 0 Å². The molecule has 3 aromatic carbocycles. The number of sulfonamides is 1. The van der Waals surface area contributed by atoms with Crippen molar-refractivity contribution in [2.45, 2.75) is 4.90 Å². The van der Waals surface area contributed by atoms with E-state index in [1.54, 1.807) is 60.8 Å². The average Bonchev–Trinajstić information content (AvgIpc) is 2.79. The topological polar surface area (TPSA) is 79.4 Å². The second-order valence-corrected chi connectivity index (χ2v) is 9.03. The highest BCUT2D eigenvalue weighted by molar-refractivity contribution is 7.92. The Labute approximate surface area is 185 Å². The molecule has 4 aromatic rings. The second-order valence-electron chi connectivity index (χ2n) is 6.73. The number of para-hydroxylation sites is 1. The van der Waals surface area contributed by atoms with Gasteiger partial charge in [-0.15, -0.1) is 0 Å². The number of nitrogens with one attached hydrogen (secondary N) is 1. The second kappa shape index (κ2) is 8.75. The third-order valence-electron chi connectivity index (χ3n) is 4.64. The van der Waals surface area contributed by atoms with Gasteiger partial charge in [-0.3, -0.25) is 14.1 Å². The van der Waals surface area contributed by atoms with Crippen molar-refractivity contribution >= 4 is 49.8 Å². The highest BCUT2D eigenvalue weighted by Gasteiger charge is 2.27. The highest BCUT2D eigenvalue weighted by atomic mass is 35.5. The summed E-state index contributed by atoms with van der Waals surface area (Å²) in [5, 5.41) is 4.12. The predicted molar refractivity (Wildman–Crippen MR) is 123 cm³/mol. The molecule has 0 unspecified atom stereocenters. The number of amides is 1. The van der Waals surface area contributed by atoms with Gasteiger partial charge < -0.3 is 5.32 Å². The van der Waals surface area contributed by atoms with E-state index in [4.69, 9.17) is 11.6 Å². The largest absolute Gasteiger partial charge is 0.323 e. The lowest BCUT2D eigenvalue weighted by Gasteiger charge is -2.24. The van der Waals surface area contributed by atoms with Crippen LogP contribution in [0.4, 0.5) is 11.4 Å². The lowest BCUT2D eigenvalue weighted by atomic mass is 10.2. The van der Waals surface area contributed by atoms with E-state index < -0.39 is 22.5 Å². The van der Waals surface area contributed by atoms with Crippen LogP contribution in [0, 0.1) is 0 Å². The first kappa shape index (κ1) is 20.8. The Morgan fingerprint density at radius 3 is 2.35 bits per heavy atom. The number of pyridine rings is 1. The van der Waals surface area contributed by atoms with Gasteiger partial charge in [0.15, 0.2) is 0 Å². The monoisotopic (exact) mass is 451 g/mol. The van der Waals surface area contributed by atoms with Gasteiger partial charge in [0.25, 0.3) is 10.0 Å². The normalized spacial score (nSPS) is 11.3. The Hall–Kier alpha value is -3.42. The molecule has 0 radical (unpaired) electrons. The molecule has 4 rings (SSSR count). The minimum absolute atomic E-state index is 0.0876. The van der Waals surface area contributed by atoms with E-state index in [2.05, 4.69) is 10.3 Å². The van der Waals surface area contributed by atoms with E-state index >= 15 is 0 Å². The number of aromatic nitrogens is 1. The molecular weight excluding hydrogens is 434 g/mol. The van der Waals surface area contributed by atoms with Crippen molar-refractivity contribution in [2.24, 2.45) is 0 Å². The summed E-state index contributed by atoms with van der Waals surface area (Å²) in [4.78, 5) is 17.3. The molecule has 0 atom stereocenters. The smallest absolute Gasteiger partial charge is 0.264 e. The molecule has 0 aliphatic carbocycles. The van der Waals surface area contributed by atoms with Crippen LogP contribution in [0.1, 0.15) is 0 Å². The number of benzene rings is 3. The zero-order valence-corrected chi connectivity index (χ0v) is 17.8. The third kappa shape index (κ3) is 4.52.